The van der Waals surface area contributed by atoms with E-state index in [1.54, 1.807) is 24.3 Å². The van der Waals surface area contributed by atoms with Gasteiger partial charge < -0.3 is 9.47 Å². The molecule has 1 unspecified atom stereocenters. The number of allylic oxidation sites excluding steroid dienone is 1. The van der Waals surface area contributed by atoms with Gasteiger partial charge in [0.05, 0.1) is 22.3 Å². The highest BCUT2D eigenvalue weighted by atomic mass is 32.2. The SMILES string of the molecule is CCCOc1ccc2c(c1)S(=O)C(C(=O)c1cccc(OC(C)(C)C)c1)=C2c1ccccc1. The molecule has 170 valence electrons. The van der Waals surface area contributed by atoms with Crippen molar-refractivity contribution in [2.45, 2.75) is 44.6 Å². The van der Waals surface area contributed by atoms with Crippen LogP contribution in [0.5, 0.6) is 11.5 Å². The van der Waals surface area contributed by atoms with E-state index in [1.807, 2.05) is 76.2 Å². The van der Waals surface area contributed by atoms with E-state index < -0.39 is 16.4 Å². The monoisotopic (exact) mass is 460 g/mol. The maximum atomic E-state index is 13.7. The summed E-state index contributed by atoms with van der Waals surface area (Å²) in [6.07, 6.45) is 0.879. The number of fused-ring (bicyclic) bond motifs is 1. The molecule has 4 nitrogen and oxygen atoms in total. The first-order valence-electron chi connectivity index (χ1n) is 11.1. The molecule has 0 amide bonds. The fourth-order valence-corrected chi connectivity index (χ4v) is 5.28. The standard InChI is InChI=1S/C28H28O4S/c1-5-16-31-21-14-15-23-24(18-21)33(30)27(25(23)19-10-7-6-8-11-19)26(29)20-12-9-13-22(17-20)32-28(2,3)4/h6-15,17-18H,5,16H2,1-4H3. The maximum Gasteiger partial charge on any atom is 0.203 e. The molecule has 0 saturated heterocycles. The summed E-state index contributed by atoms with van der Waals surface area (Å²) in [5, 5.41) is 0. The van der Waals surface area contributed by atoms with E-state index in [2.05, 4.69) is 0 Å². The van der Waals surface area contributed by atoms with Crippen LogP contribution in [0.3, 0.4) is 0 Å². The average Bonchev–Trinajstić information content (AvgIpc) is 3.08. The van der Waals surface area contributed by atoms with Gasteiger partial charge in [-0.1, -0.05) is 49.4 Å². The Balaban J connectivity index is 1.81. The number of hydrogen-bond donors (Lipinski definition) is 0. The number of benzene rings is 3. The van der Waals surface area contributed by atoms with Crippen LogP contribution < -0.4 is 9.47 Å². The Labute approximate surface area is 197 Å². The third-order valence-electron chi connectivity index (χ3n) is 5.10. The van der Waals surface area contributed by atoms with E-state index in [0.717, 1.165) is 17.5 Å². The fourth-order valence-electron chi connectivity index (χ4n) is 3.77. The van der Waals surface area contributed by atoms with Crippen molar-refractivity contribution in [2.24, 2.45) is 0 Å². The Kier molecular flexibility index (Phi) is 6.52. The largest absolute Gasteiger partial charge is 0.494 e. The summed E-state index contributed by atoms with van der Waals surface area (Å²) in [6, 6.07) is 22.3. The quantitative estimate of drug-likeness (QED) is 0.382. The molecule has 4 rings (SSSR count). The van der Waals surface area contributed by atoms with Gasteiger partial charge in [0.15, 0.2) is 0 Å². The van der Waals surface area contributed by atoms with Gasteiger partial charge in [-0.15, -0.1) is 0 Å². The molecule has 0 aromatic heterocycles. The fraction of sp³-hybridized carbons (Fsp3) is 0.250. The molecule has 0 radical (unpaired) electrons. The number of ketones is 1. The molecule has 0 bridgehead atoms. The van der Waals surface area contributed by atoms with Crippen molar-refractivity contribution in [1.29, 1.82) is 0 Å². The first kappa shape index (κ1) is 23.0. The number of ether oxygens (including phenoxy) is 2. The smallest absolute Gasteiger partial charge is 0.203 e. The van der Waals surface area contributed by atoms with Gasteiger partial charge in [0.1, 0.15) is 22.0 Å². The molecule has 3 aromatic rings. The van der Waals surface area contributed by atoms with Crippen LogP contribution in [-0.4, -0.2) is 22.2 Å². The van der Waals surface area contributed by atoms with Gasteiger partial charge in [-0.05, 0) is 63.1 Å². The van der Waals surface area contributed by atoms with E-state index in [-0.39, 0.29) is 10.7 Å². The van der Waals surface area contributed by atoms with Gasteiger partial charge in [-0.3, -0.25) is 4.79 Å². The summed E-state index contributed by atoms with van der Waals surface area (Å²) in [7, 11) is -1.63. The molecule has 5 heteroatoms. The highest BCUT2D eigenvalue weighted by molar-refractivity contribution is 7.90. The summed E-state index contributed by atoms with van der Waals surface area (Å²) >= 11 is 0. The van der Waals surface area contributed by atoms with E-state index >= 15 is 0 Å². The van der Waals surface area contributed by atoms with Crippen LogP contribution in [-0.2, 0) is 10.8 Å². The predicted octanol–water partition coefficient (Wildman–Crippen LogP) is 6.42. The summed E-state index contributed by atoms with van der Waals surface area (Å²) in [6.45, 7) is 8.49. The summed E-state index contributed by atoms with van der Waals surface area (Å²) in [5.74, 6) is 0.996. The Hall–Kier alpha value is -3.18. The van der Waals surface area contributed by atoms with Crippen LogP contribution in [0.4, 0.5) is 0 Å². The number of carbonyl (C=O) groups is 1. The van der Waals surface area contributed by atoms with E-state index in [9.17, 15) is 9.00 Å². The number of Topliss-reactive ketones (excluding diaryl/α,β-unsaturated/α-hetero) is 1. The Morgan fingerprint density at radius 3 is 2.36 bits per heavy atom. The number of rotatable bonds is 7. The van der Waals surface area contributed by atoms with E-state index in [4.69, 9.17) is 9.47 Å². The molecule has 1 aliphatic heterocycles. The van der Waals surface area contributed by atoms with Gasteiger partial charge in [0.2, 0.25) is 5.78 Å². The number of hydrogen-bond acceptors (Lipinski definition) is 4. The third-order valence-corrected chi connectivity index (χ3v) is 6.59. The molecular formula is C28H28O4S. The average molecular weight is 461 g/mol. The van der Waals surface area contributed by atoms with Crippen molar-refractivity contribution < 1.29 is 18.5 Å². The lowest BCUT2D eigenvalue weighted by Gasteiger charge is -2.21. The summed E-state index contributed by atoms with van der Waals surface area (Å²) in [4.78, 5) is 14.6. The first-order valence-corrected chi connectivity index (χ1v) is 12.3. The molecule has 1 heterocycles. The van der Waals surface area contributed by atoms with Crippen LogP contribution >= 0.6 is 0 Å². The lowest BCUT2D eigenvalue weighted by atomic mass is 9.95. The van der Waals surface area contributed by atoms with Crippen LogP contribution in [0.15, 0.2) is 82.6 Å². The number of carbonyl (C=O) groups excluding carboxylic acids is 1. The Bertz CT molecular complexity index is 1240. The maximum absolute atomic E-state index is 13.7. The molecule has 33 heavy (non-hydrogen) atoms. The summed E-state index contributed by atoms with van der Waals surface area (Å²) in [5.41, 5.74) is 2.42. The lowest BCUT2D eigenvalue weighted by Crippen LogP contribution is -2.23. The molecule has 0 aliphatic carbocycles. The topological polar surface area (TPSA) is 52.6 Å². The minimum Gasteiger partial charge on any atom is -0.494 e. The Morgan fingerprint density at radius 1 is 0.909 bits per heavy atom. The van der Waals surface area contributed by atoms with Crippen LogP contribution in [0, 0.1) is 0 Å². The molecule has 1 aliphatic rings. The molecular weight excluding hydrogens is 432 g/mol. The minimum atomic E-state index is -1.63. The van der Waals surface area contributed by atoms with Crippen LogP contribution in [0.1, 0.15) is 55.6 Å². The minimum absolute atomic E-state index is 0.265. The molecule has 0 fully saturated rings. The second-order valence-corrected chi connectivity index (χ2v) is 10.3. The second-order valence-electron chi connectivity index (χ2n) is 8.92. The summed E-state index contributed by atoms with van der Waals surface area (Å²) < 4.78 is 25.4. The van der Waals surface area contributed by atoms with Gasteiger partial charge in [-0.2, -0.15) is 0 Å². The highest BCUT2D eigenvalue weighted by Gasteiger charge is 2.35. The molecule has 3 aromatic carbocycles. The Morgan fingerprint density at radius 2 is 1.67 bits per heavy atom. The zero-order valence-electron chi connectivity index (χ0n) is 19.4. The first-order chi connectivity index (χ1) is 15.8. The van der Waals surface area contributed by atoms with Crippen molar-refractivity contribution in [3.8, 4) is 11.5 Å². The van der Waals surface area contributed by atoms with Crippen molar-refractivity contribution in [1.82, 2.24) is 0 Å². The lowest BCUT2D eigenvalue weighted by molar-refractivity contribution is 0.103. The van der Waals surface area contributed by atoms with E-state index in [1.165, 1.54) is 0 Å². The van der Waals surface area contributed by atoms with Gasteiger partial charge in [-0.25, -0.2) is 4.21 Å². The molecule has 0 N–H and O–H groups in total. The van der Waals surface area contributed by atoms with Crippen molar-refractivity contribution in [3.63, 3.8) is 0 Å². The predicted molar refractivity (Wildman–Crippen MR) is 132 cm³/mol. The molecule has 0 saturated carbocycles. The van der Waals surface area contributed by atoms with Gasteiger partial charge in [0, 0.05) is 16.7 Å². The van der Waals surface area contributed by atoms with Crippen molar-refractivity contribution in [2.75, 3.05) is 6.61 Å². The second kappa shape index (κ2) is 9.36. The highest BCUT2D eigenvalue weighted by Crippen LogP contribution is 2.43. The van der Waals surface area contributed by atoms with Crippen LogP contribution in [0.2, 0.25) is 0 Å². The van der Waals surface area contributed by atoms with Crippen molar-refractivity contribution >= 4 is 22.2 Å². The zero-order chi connectivity index (χ0) is 23.6. The third kappa shape index (κ3) is 4.93. The van der Waals surface area contributed by atoms with Gasteiger partial charge in [0.25, 0.3) is 0 Å². The normalized spacial score (nSPS) is 15.3. The van der Waals surface area contributed by atoms with E-state index in [0.29, 0.717) is 34.1 Å². The zero-order valence-corrected chi connectivity index (χ0v) is 20.2. The van der Waals surface area contributed by atoms with Crippen molar-refractivity contribution in [3.05, 3.63) is 94.4 Å². The molecule has 1 atom stereocenters. The van der Waals surface area contributed by atoms with Gasteiger partial charge >= 0.3 is 0 Å². The molecule has 0 spiro atoms. The van der Waals surface area contributed by atoms with Crippen LogP contribution in [0.25, 0.3) is 5.57 Å².